The molecule has 0 fully saturated rings. The largest absolute Gasteiger partial charge is 0.468 e. The van der Waals surface area contributed by atoms with Gasteiger partial charge in [-0.3, -0.25) is 4.79 Å². The van der Waals surface area contributed by atoms with Crippen molar-refractivity contribution in [2.45, 2.75) is 0 Å². The lowest BCUT2D eigenvalue weighted by Gasteiger charge is -2.00. The van der Waals surface area contributed by atoms with Gasteiger partial charge in [0.05, 0.1) is 7.11 Å². The molecule has 0 rings (SSSR count). The highest BCUT2D eigenvalue weighted by Gasteiger charge is 2.09. The summed E-state index contributed by atoms with van der Waals surface area (Å²) < 4.78 is 27.3. The first-order valence-corrected chi connectivity index (χ1v) is 5.39. The van der Waals surface area contributed by atoms with Gasteiger partial charge in [0.25, 0.3) is 0 Å². The minimum Gasteiger partial charge on any atom is -0.468 e. The molecule has 0 aliphatic carbocycles. The maximum atomic E-state index is 10.7. The van der Waals surface area contributed by atoms with Crippen LogP contribution in [0.5, 0.6) is 0 Å². The highest BCUT2D eigenvalue weighted by Crippen LogP contribution is 1.89. The molecule has 0 aromatic carbocycles. The number of methoxy groups -OCH3 is 1. The molecule has 0 saturated heterocycles. The molecule has 0 saturated carbocycles. The third-order valence-corrected chi connectivity index (χ3v) is 3.49. The van der Waals surface area contributed by atoms with Crippen molar-refractivity contribution in [1.82, 2.24) is 4.72 Å². The topological polar surface area (TPSA) is 72.5 Å². The second-order valence-electron chi connectivity index (χ2n) is 1.62. The van der Waals surface area contributed by atoms with Crippen molar-refractivity contribution in [3.63, 3.8) is 0 Å². The molecule has 0 aromatic heterocycles. The molecule has 0 spiro atoms. The molecule has 0 bridgehead atoms. The third kappa shape index (κ3) is 5.16. The Bertz CT molecular complexity index is 224. The number of hydrogen-bond acceptors (Lipinski definition) is 4. The average molecular weight is 246 g/mol. The van der Waals surface area contributed by atoms with Crippen molar-refractivity contribution in [3.05, 3.63) is 0 Å². The summed E-state index contributed by atoms with van der Waals surface area (Å²) in [5.41, 5.74) is 0. The first-order valence-electron chi connectivity index (χ1n) is 2.62. The number of alkyl halides is 1. The first kappa shape index (κ1) is 10.9. The highest BCUT2D eigenvalue weighted by atomic mass is 79.9. The van der Waals surface area contributed by atoms with Gasteiger partial charge in [0.2, 0.25) is 10.0 Å². The number of halogens is 1. The monoisotopic (exact) mass is 245 g/mol. The summed E-state index contributed by atoms with van der Waals surface area (Å²) in [5.74, 6) is -0.616. The Morgan fingerprint density at radius 2 is 2.18 bits per heavy atom. The minimum atomic E-state index is -3.36. The maximum absolute atomic E-state index is 10.7. The number of carbonyl (C=O) groups excluding carboxylic acids is 1. The van der Waals surface area contributed by atoms with Gasteiger partial charge in [0.15, 0.2) is 0 Å². The minimum absolute atomic E-state index is 0.225. The van der Waals surface area contributed by atoms with Crippen LogP contribution >= 0.6 is 15.9 Å². The summed E-state index contributed by atoms with van der Waals surface area (Å²) in [5, 5.41) is 0. The van der Waals surface area contributed by atoms with Crippen LogP contribution in [-0.4, -0.2) is 32.7 Å². The van der Waals surface area contributed by atoms with Crippen LogP contribution in [0.25, 0.3) is 0 Å². The smallest absolute Gasteiger partial charge is 0.320 e. The van der Waals surface area contributed by atoms with Crippen molar-refractivity contribution in [1.29, 1.82) is 0 Å². The molecule has 1 N–H and O–H groups in total. The second-order valence-corrected chi connectivity index (χ2v) is 4.73. The summed E-state index contributed by atoms with van der Waals surface area (Å²) in [6, 6.07) is 0. The van der Waals surface area contributed by atoms with Gasteiger partial charge in [0, 0.05) is 0 Å². The zero-order valence-electron chi connectivity index (χ0n) is 5.83. The molecule has 0 unspecified atom stereocenters. The molecular formula is C4H8BrNO4S. The first-order chi connectivity index (χ1) is 5.02. The van der Waals surface area contributed by atoms with Crippen molar-refractivity contribution < 1.29 is 17.9 Å². The van der Waals surface area contributed by atoms with Crippen molar-refractivity contribution in [3.8, 4) is 0 Å². The number of hydrogen-bond donors (Lipinski definition) is 1. The van der Waals surface area contributed by atoms with E-state index in [0.717, 1.165) is 0 Å². The van der Waals surface area contributed by atoms with Crippen LogP contribution in [-0.2, 0) is 19.6 Å². The van der Waals surface area contributed by atoms with Gasteiger partial charge in [-0.15, -0.1) is 0 Å². The van der Waals surface area contributed by atoms with Crippen LogP contribution < -0.4 is 4.72 Å². The molecule has 0 aliphatic rings. The molecule has 11 heavy (non-hydrogen) atoms. The van der Waals surface area contributed by atoms with E-state index in [2.05, 4.69) is 20.7 Å². The van der Waals surface area contributed by atoms with Gasteiger partial charge < -0.3 is 4.74 Å². The number of rotatable bonds is 4. The van der Waals surface area contributed by atoms with Crippen LogP contribution in [0.4, 0.5) is 0 Å². The van der Waals surface area contributed by atoms with E-state index in [1.54, 1.807) is 0 Å². The van der Waals surface area contributed by atoms with Crippen LogP contribution in [0.1, 0.15) is 0 Å². The number of esters is 1. The van der Waals surface area contributed by atoms with E-state index in [1.807, 2.05) is 4.72 Å². The third-order valence-electron chi connectivity index (χ3n) is 0.808. The molecule has 0 radical (unpaired) electrons. The fraction of sp³-hybridized carbons (Fsp3) is 0.750. The molecule has 5 nitrogen and oxygen atoms in total. The van der Waals surface area contributed by atoms with Gasteiger partial charge in [-0.1, -0.05) is 15.9 Å². The predicted molar refractivity (Wildman–Crippen MR) is 42.7 cm³/mol. The molecule has 7 heteroatoms. The van der Waals surface area contributed by atoms with Gasteiger partial charge in [-0.2, -0.15) is 0 Å². The summed E-state index contributed by atoms with van der Waals surface area (Å²) in [6.07, 6.45) is 0. The normalized spacial score (nSPS) is 11.1. The van der Waals surface area contributed by atoms with Crippen molar-refractivity contribution >= 4 is 31.9 Å². The van der Waals surface area contributed by atoms with Gasteiger partial charge >= 0.3 is 5.97 Å². The van der Waals surface area contributed by atoms with Crippen LogP contribution in [0.2, 0.25) is 0 Å². The Labute approximate surface area is 73.3 Å². The zero-order valence-corrected chi connectivity index (χ0v) is 8.24. The van der Waals surface area contributed by atoms with Crippen LogP contribution in [0.3, 0.4) is 0 Å². The average Bonchev–Trinajstić information content (AvgIpc) is 2.00. The number of nitrogens with one attached hydrogen (secondary N) is 1. The lowest BCUT2D eigenvalue weighted by Crippen LogP contribution is -2.30. The maximum Gasteiger partial charge on any atom is 0.320 e. The molecule has 0 aromatic rings. The molecular weight excluding hydrogens is 238 g/mol. The highest BCUT2D eigenvalue weighted by molar-refractivity contribution is 9.10. The Kier molecular flexibility index (Phi) is 4.62. The van der Waals surface area contributed by atoms with Crippen molar-refractivity contribution in [2.75, 3.05) is 18.3 Å². The summed E-state index contributed by atoms with van der Waals surface area (Å²) in [7, 11) is -2.17. The van der Waals surface area contributed by atoms with E-state index >= 15 is 0 Å². The summed E-state index contributed by atoms with van der Waals surface area (Å²) in [4.78, 5) is 10.4. The predicted octanol–water partition coefficient (Wildman–Crippen LogP) is -0.569. The molecule has 0 aliphatic heterocycles. The standard InChI is InChI=1S/C4H8BrNO4S/c1-10-4(7)2-6-11(8,9)3-5/h6H,2-3H2,1H3. The molecule has 66 valence electrons. The summed E-state index contributed by atoms with van der Waals surface area (Å²) in [6.45, 7) is -0.329. The number of sulfonamides is 1. The second kappa shape index (κ2) is 4.68. The number of ether oxygens (including phenoxy) is 1. The quantitative estimate of drug-likeness (QED) is 0.532. The zero-order chi connectivity index (χ0) is 8.91. The van der Waals surface area contributed by atoms with Crippen molar-refractivity contribution in [2.24, 2.45) is 0 Å². The Morgan fingerprint density at radius 1 is 1.64 bits per heavy atom. The van der Waals surface area contributed by atoms with E-state index < -0.39 is 16.0 Å². The Morgan fingerprint density at radius 3 is 2.55 bits per heavy atom. The van der Waals surface area contributed by atoms with E-state index in [9.17, 15) is 13.2 Å². The van der Waals surface area contributed by atoms with E-state index in [1.165, 1.54) is 7.11 Å². The van der Waals surface area contributed by atoms with Gasteiger partial charge in [-0.25, -0.2) is 13.1 Å². The molecule has 0 amide bonds. The fourth-order valence-corrected chi connectivity index (χ4v) is 1.18. The van der Waals surface area contributed by atoms with E-state index in [4.69, 9.17) is 0 Å². The summed E-state index contributed by atoms with van der Waals surface area (Å²) >= 11 is 2.74. The van der Waals surface area contributed by atoms with Gasteiger partial charge in [-0.05, 0) is 0 Å². The van der Waals surface area contributed by atoms with E-state index in [0.29, 0.717) is 0 Å². The van der Waals surface area contributed by atoms with Gasteiger partial charge in [0.1, 0.15) is 11.2 Å². The Balaban J connectivity index is 3.80. The fourth-order valence-electron chi connectivity index (χ4n) is 0.280. The molecule has 0 atom stereocenters. The molecule has 0 heterocycles. The van der Waals surface area contributed by atoms with Crippen LogP contribution in [0, 0.1) is 0 Å². The Hall–Kier alpha value is -0.140. The lowest BCUT2D eigenvalue weighted by atomic mass is 10.7. The van der Waals surface area contributed by atoms with E-state index in [-0.39, 0.29) is 11.2 Å². The lowest BCUT2D eigenvalue weighted by molar-refractivity contribution is -0.139. The number of carbonyl (C=O) groups is 1. The SMILES string of the molecule is COC(=O)CNS(=O)(=O)CBr. The van der Waals surface area contributed by atoms with Crippen LogP contribution in [0.15, 0.2) is 0 Å².